The molecule has 0 atom stereocenters. The number of aromatic amines is 1. The first kappa shape index (κ1) is 17.9. The highest BCUT2D eigenvalue weighted by atomic mass is 16.5. The number of carbonyl (C=O) groups excluding carboxylic acids is 1. The average molecular weight is 399 g/mol. The number of carboxylic acids is 1. The van der Waals surface area contributed by atoms with Crippen LogP contribution >= 0.6 is 0 Å². The molecular weight excluding hydrogens is 382 g/mol. The lowest BCUT2D eigenvalue weighted by atomic mass is 9.98. The van der Waals surface area contributed by atoms with Gasteiger partial charge in [-0.3, -0.25) is 10.4 Å². The van der Waals surface area contributed by atoms with E-state index in [0.29, 0.717) is 10.9 Å². The molecule has 1 aliphatic rings. The lowest BCUT2D eigenvalue weighted by Crippen LogP contribution is -2.18. The highest BCUT2D eigenvalue weighted by molar-refractivity contribution is 6.01. The molecule has 0 bridgehead atoms. The van der Waals surface area contributed by atoms with E-state index in [1.807, 2.05) is 24.3 Å². The number of rotatable bonds is 4. The molecule has 5 rings (SSSR count). The van der Waals surface area contributed by atoms with Crippen molar-refractivity contribution in [1.29, 1.82) is 0 Å². The summed E-state index contributed by atoms with van der Waals surface area (Å²) in [5.74, 6) is -0.867. The SMILES string of the molecule is O=C(Nc1n[nH]c2ccc(C(=O)O)cc12)OCC1c2ccccc2-c2ccccc21. The molecule has 1 aromatic heterocycles. The Morgan fingerprint density at radius 1 is 1.00 bits per heavy atom. The number of benzene rings is 3. The summed E-state index contributed by atoms with van der Waals surface area (Å²) in [5, 5.41) is 19.1. The Kier molecular flexibility index (Phi) is 4.21. The molecule has 1 amide bonds. The van der Waals surface area contributed by atoms with E-state index >= 15 is 0 Å². The summed E-state index contributed by atoms with van der Waals surface area (Å²) in [6.45, 7) is 0.183. The maximum atomic E-state index is 12.5. The highest BCUT2D eigenvalue weighted by Gasteiger charge is 2.29. The van der Waals surface area contributed by atoms with E-state index in [2.05, 4.69) is 39.8 Å². The Bertz CT molecular complexity index is 1250. The van der Waals surface area contributed by atoms with Gasteiger partial charge >= 0.3 is 12.1 Å². The molecule has 30 heavy (non-hydrogen) atoms. The van der Waals surface area contributed by atoms with Gasteiger partial charge in [-0.2, -0.15) is 5.10 Å². The maximum Gasteiger partial charge on any atom is 0.412 e. The molecule has 1 aliphatic carbocycles. The van der Waals surface area contributed by atoms with Gasteiger partial charge in [-0.25, -0.2) is 9.59 Å². The fourth-order valence-corrected chi connectivity index (χ4v) is 3.97. The van der Waals surface area contributed by atoms with Gasteiger partial charge in [0.2, 0.25) is 0 Å². The second-order valence-corrected chi connectivity index (χ2v) is 7.09. The molecule has 0 saturated carbocycles. The Labute approximate surface area is 171 Å². The van der Waals surface area contributed by atoms with E-state index in [9.17, 15) is 14.7 Å². The third-order valence-corrected chi connectivity index (χ3v) is 5.37. The van der Waals surface area contributed by atoms with Crippen molar-refractivity contribution in [3.63, 3.8) is 0 Å². The van der Waals surface area contributed by atoms with Gasteiger partial charge in [-0.15, -0.1) is 0 Å². The van der Waals surface area contributed by atoms with Crippen LogP contribution in [0.5, 0.6) is 0 Å². The number of carbonyl (C=O) groups is 2. The maximum absolute atomic E-state index is 12.5. The normalized spacial score (nSPS) is 12.4. The molecule has 7 nitrogen and oxygen atoms in total. The van der Waals surface area contributed by atoms with Gasteiger partial charge in [0.1, 0.15) is 6.61 Å². The number of aromatic carboxylic acids is 1. The monoisotopic (exact) mass is 399 g/mol. The molecule has 0 saturated heterocycles. The molecule has 7 heteroatoms. The van der Waals surface area contributed by atoms with Crippen LogP contribution in [0.15, 0.2) is 66.7 Å². The van der Waals surface area contributed by atoms with E-state index in [1.54, 1.807) is 6.07 Å². The third-order valence-electron chi connectivity index (χ3n) is 5.37. The van der Waals surface area contributed by atoms with Gasteiger partial charge in [-0.1, -0.05) is 48.5 Å². The average Bonchev–Trinajstić information content (AvgIpc) is 3.31. The number of amides is 1. The Hall–Kier alpha value is -4.13. The van der Waals surface area contributed by atoms with E-state index in [1.165, 1.54) is 12.1 Å². The van der Waals surface area contributed by atoms with Crippen LogP contribution in [-0.4, -0.2) is 34.0 Å². The molecule has 0 spiro atoms. The smallest absolute Gasteiger partial charge is 0.412 e. The van der Waals surface area contributed by atoms with Gasteiger partial charge in [0.05, 0.1) is 11.1 Å². The van der Waals surface area contributed by atoms with Gasteiger partial charge in [-0.05, 0) is 40.5 Å². The predicted molar refractivity (Wildman–Crippen MR) is 112 cm³/mol. The Morgan fingerprint density at radius 2 is 1.67 bits per heavy atom. The van der Waals surface area contributed by atoms with Gasteiger partial charge in [0.25, 0.3) is 0 Å². The van der Waals surface area contributed by atoms with Crippen LogP contribution in [0.2, 0.25) is 0 Å². The second kappa shape index (κ2) is 7.04. The minimum Gasteiger partial charge on any atom is -0.478 e. The van der Waals surface area contributed by atoms with Crippen molar-refractivity contribution in [2.45, 2.75) is 5.92 Å². The van der Waals surface area contributed by atoms with Crippen LogP contribution in [0.25, 0.3) is 22.0 Å². The summed E-state index contributed by atoms with van der Waals surface area (Å²) >= 11 is 0. The highest BCUT2D eigenvalue weighted by Crippen LogP contribution is 2.44. The molecule has 1 heterocycles. The van der Waals surface area contributed by atoms with Crippen LogP contribution in [0.3, 0.4) is 0 Å². The first-order valence-electron chi connectivity index (χ1n) is 9.45. The first-order chi connectivity index (χ1) is 14.6. The lowest BCUT2D eigenvalue weighted by Gasteiger charge is -2.14. The second-order valence-electron chi connectivity index (χ2n) is 7.09. The minimum absolute atomic E-state index is 0.0438. The number of fused-ring (bicyclic) bond motifs is 4. The molecule has 0 radical (unpaired) electrons. The molecule has 0 unspecified atom stereocenters. The van der Waals surface area contributed by atoms with Crippen molar-refractivity contribution >= 4 is 28.8 Å². The summed E-state index contributed by atoms with van der Waals surface area (Å²) in [7, 11) is 0. The predicted octanol–water partition coefficient (Wildman–Crippen LogP) is 4.62. The zero-order valence-corrected chi connectivity index (χ0v) is 15.8. The zero-order chi connectivity index (χ0) is 20.7. The molecule has 3 N–H and O–H groups in total. The fourth-order valence-electron chi connectivity index (χ4n) is 3.97. The number of hydrogen-bond acceptors (Lipinski definition) is 4. The van der Waals surface area contributed by atoms with Crippen molar-refractivity contribution in [2.75, 3.05) is 11.9 Å². The van der Waals surface area contributed by atoms with Crippen molar-refractivity contribution < 1.29 is 19.4 Å². The number of aromatic nitrogens is 2. The van der Waals surface area contributed by atoms with Crippen molar-refractivity contribution in [3.05, 3.63) is 83.4 Å². The van der Waals surface area contributed by atoms with Crippen LogP contribution in [0, 0.1) is 0 Å². The number of hydrogen-bond donors (Lipinski definition) is 3. The third kappa shape index (κ3) is 2.97. The fraction of sp³-hybridized carbons (Fsp3) is 0.0870. The van der Waals surface area contributed by atoms with Crippen LogP contribution in [0.1, 0.15) is 27.4 Å². The van der Waals surface area contributed by atoms with Crippen molar-refractivity contribution in [3.8, 4) is 11.1 Å². The summed E-state index contributed by atoms with van der Waals surface area (Å²) < 4.78 is 5.52. The van der Waals surface area contributed by atoms with Crippen LogP contribution in [-0.2, 0) is 4.74 Å². The number of H-pyrrole nitrogens is 1. The number of ether oxygens (including phenoxy) is 1. The summed E-state index contributed by atoms with van der Waals surface area (Å²) in [6.07, 6.45) is -0.647. The van der Waals surface area contributed by atoms with E-state index < -0.39 is 12.1 Å². The molecule has 148 valence electrons. The largest absolute Gasteiger partial charge is 0.478 e. The molecule has 0 aliphatic heterocycles. The topological polar surface area (TPSA) is 104 Å². The van der Waals surface area contributed by atoms with Gasteiger partial charge in [0.15, 0.2) is 5.82 Å². The lowest BCUT2D eigenvalue weighted by molar-refractivity contribution is 0.0697. The van der Waals surface area contributed by atoms with Crippen molar-refractivity contribution in [1.82, 2.24) is 10.2 Å². The van der Waals surface area contributed by atoms with E-state index in [4.69, 9.17) is 4.74 Å². The zero-order valence-electron chi connectivity index (χ0n) is 15.8. The summed E-state index contributed by atoms with van der Waals surface area (Å²) in [5.41, 5.74) is 5.29. The Balaban J connectivity index is 1.34. The number of nitrogens with zero attached hydrogens (tertiary/aromatic N) is 1. The summed E-state index contributed by atoms with van der Waals surface area (Å²) in [4.78, 5) is 23.7. The molecule has 0 fully saturated rings. The molecule has 4 aromatic rings. The van der Waals surface area contributed by atoms with E-state index in [-0.39, 0.29) is 23.9 Å². The van der Waals surface area contributed by atoms with E-state index in [0.717, 1.165) is 22.3 Å². The minimum atomic E-state index is -1.05. The van der Waals surface area contributed by atoms with Crippen molar-refractivity contribution in [2.24, 2.45) is 0 Å². The Morgan fingerprint density at radius 3 is 2.33 bits per heavy atom. The van der Waals surface area contributed by atoms with Crippen LogP contribution < -0.4 is 5.32 Å². The number of nitrogens with one attached hydrogen (secondary N) is 2. The first-order valence-corrected chi connectivity index (χ1v) is 9.45. The van der Waals surface area contributed by atoms with Crippen LogP contribution in [0.4, 0.5) is 10.6 Å². The standard InChI is InChI=1S/C23H17N3O4/c27-22(28)13-9-10-20-18(11-13)21(26-25-20)24-23(29)30-12-19-16-7-3-1-5-14(16)15-6-2-4-8-17(15)19/h1-11,19H,12H2,(H,27,28)(H2,24,25,26,29). The molecular formula is C23H17N3O4. The number of anilines is 1. The quantitative estimate of drug-likeness (QED) is 0.464. The molecule has 3 aromatic carbocycles. The van der Waals surface area contributed by atoms with Gasteiger partial charge in [0, 0.05) is 11.3 Å². The summed E-state index contributed by atoms with van der Waals surface area (Å²) in [6, 6.07) is 20.7. The van der Waals surface area contributed by atoms with Gasteiger partial charge < -0.3 is 9.84 Å². The number of carboxylic acid groups (broad SMARTS) is 1.